The highest BCUT2D eigenvalue weighted by Gasteiger charge is 2.28. The van der Waals surface area contributed by atoms with Crippen LogP contribution in [0.15, 0.2) is 54.7 Å². The molecule has 0 aliphatic carbocycles. The van der Waals surface area contributed by atoms with Gasteiger partial charge in [0.15, 0.2) is 0 Å². The summed E-state index contributed by atoms with van der Waals surface area (Å²) in [5.41, 5.74) is 1.58. The fraction of sp³-hybridized carbons (Fsp3) is 0.353. The smallest absolute Gasteiger partial charge is 0.259 e. The third kappa shape index (κ3) is 3.96. The molecule has 1 aliphatic rings. The van der Waals surface area contributed by atoms with Crippen LogP contribution in [0.25, 0.3) is 0 Å². The van der Waals surface area contributed by atoms with Gasteiger partial charge in [0, 0.05) is 19.3 Å². The van der Waals surface area contributed by atoms with Gasteiger partial charge in [-0.15, -0.1) is 0 Å². The van der Waals surface area contributed by atoms with Crippen molar-refractivity contribution in [3.63, 3.8) is 0 Å². The SMILES string of the molecule is O=S(=O)(NC(c1ccccc1)c1ccccn1)N1CCCCC1. The molecule has 23 heavy (non-hydrogen) atoms. The first-order chi connectivity index (χ1) is 11.2. The van der Waals surface area contributed by atoms with E-state index in [1.54, 1.807) is 6.20 Å². The minimum Gasteiger partial charge on any atom is -0.259 e. The summed E-state index contributed by atoms with van der Waals surface area (Å²) in [5.74, 6) is 0. The lowest BCUT2D eigenvalue weighted by Crippen LogP contribution is -2.45. The summed E-state index contributed by atoms with van der Waals surface area (Å²) in [6.45, 7) is 1.16. The van der Waals surface area contributed by atoms with Gasteiger partial charge in [0.1, 0.15) is 0 Å². The molecule has 0 spiro atoms. The number of pyridine rings is 1. The van der Waals surface area contributed by atoms with Crippen LogP contribution in [0.4, 0.5) is 0 Å². The molecule has 1 aromatic carbocycles. The number of piperidine rings is 1. The molecule has 1 N–H and O–H groups in total. The molecule has 1 saturated heterocycles. The van der Waals surface area contributed by atoms with Crippen LogP contribution in [0, 0.1) is 0 Å². The Kier molecular flexibility index (Phi) is 5.05. The van der Waals surface area contributed by atoms with Crippen molar-refractivity contribution in [1.82, 2.24) is 14.0 Å². The van der Waals surface area contributed by atoms with Crippen LogP contribution in [0.5, 0.6) is 0 Å². The zero-order valence-corrected chi connectivity index (χ0v) is 13.7. The summed E-state index contributed by atoms with van der Waals surface area (Å²) in [5, 5.41) is 0. The topological polar surface area (TPSA) is 62.3 Å². The molecule has 122 valence electrons. The van der Waals surface area contributed by atoms with E-state index in [2.05, 4.69) is 9.71 Å². The molecule has 0 bridgehead atoms. The first-order valence-electron chi connectivity index (χ1n) is 7.90. The predicted molar refractivity (Wildman–Crippen MR) is 90.0 cm³/mol. The molecule has 6 heteroatoms. The van der Waals surface area contributed by atoms with E-state index in [0.717, 1.165) is 24.8 Å². The van der Waals surface area contributed by atoms with E-state index in [9.17, 15) is 8.42 Å². The van der Waals surface area contributed by atoms with Gasteiger partial charge in [-0.05, 0) is 30.5 Å². The van der Waals surface area contributed by atoms with Crippen LogP contribution in [0.3, 0.4) is 0 Å². The molecular weight excluding hydrogens is 310 g/mol. The third-order valence-electron chi connectivity index (χ3n) is 4.04. The van der Waals surface area contributed by atoms with E-state index < -0.39 is 16.3 Å². The second-order valence-corrected chi connectivity index (χ2v) is 7.38. The molecule has 1 aromatic heterocycles. The number of nitrogens with zero attached hydrogens (tertiary/aromatic N) is 2. The van der Waals surface area contributed by atoms with Crippen molar-refractivity contribution in [3.05, 3.63) is 66.0 Å². The zero-order chi connectivity index (χ0) is 16.1. The molecule has 1 fully saturated rings. The number of rotatable bonds is 5. The van der Waals surface area contributed by atoms with Crippen molar-refractivity contribution in [2.45, 2.75) is 25.3 Å². The van der Waals surface area contributed by atoms with Crippen LogP contribution >= 0.6 is 0 Å². The van der Waals surface area contributed by atoms with Gasteiger partial charge in [0.25, 0.3) is 10.2 Å². The van der Waals surface area contributed by atoms with Gasteiger partial charge < -0.3 is 0 Å². The van der Waals surface area contributed by atoms with Gasteiger partial charge in [-0.25, -0.2) is 0 Å². The van der Waals surface area contributed by atoms with E-state index in [-0.39, 0.29) is 0 Å². The van der Waals surface area contributed by atoms with Gasteiger partial charge in [-0.3, -0.25) is 4.98 Å². The van der Waals surface area contributed by atoms with Crippen molar-refractivity contribution in [3.8, 4) is 0 Å². The molecule has 1 unspecified atom stereocenters. The van der Waals surface area contributed by atoms with Gasteiger partial charge in [0.2, 0.25) is 0 Å². The number of benzene rings is 1. The van der Waals surface area contributed by atoms with Gasteiger partial charge in [-0.2, -0.15) is 17.4 Å². The quantitative estimate of drug-likeness (QED) is 0.915. The van der Waals surface area contributed by atoms with Crippen LogP contribution < -0.4 is 4.72 Å². The zero-order valence-electron chi connectivity index (χ0n) is 12.9. The molecule has 2 aromatic rings. The highest BCUT2D eigenvalue weighted by atomic mass is 32.2. The highest BCUT2D eigenvalue weighted by Crippen LogP contribution is 2.22. The Morgan fingerprint density at radius 1 is 0.957 bits per heavy atom. The molecular formula is C17H21N3O2S. The highest BCUT2D eigenvalue weighted by molar-refractivity contribution is 7.87. The number of aromatic nitrogens is 1. The van der Waals surface area contributed by atoms with Gasteiger partial charge in [0.05, 0.1) is 11.7 Å². The molecule has 1 aliphatic heterocycles. The summed E-state index contributed by atoms with van der Waals surface area (Å²) in [7, 11) is -3.54. The Balaban J connectivity index is 1.90. The average Bonchev–Trinajstić information content (AvgIpc) is 2.62. The second-order valence-electron chi connectivity index (χ2n) is 5.68. The monoisotopic (exact) mass is 331 g/mol. The number of nitrogens with one attached hydrogen (secondary N) is 1. The Bertz CT molecular complexity index is 675. The van der Waals surface area contributed by atoms with E-state index >= 15 is 0 Å². The molecule has 3 rings (SSSR count). The predicted octanol–water partition coefficient (Wildman–Crippen LogP) is 2.49. The van der Waals surface area contributed by atoms with Crippen LogP contribution in [0.1, 0.15) is 36.6 Å². The summed E-state index contributed by atoms with van der Waals surface area (Å²) < 4.78 is 29.8. The van der Waals surface area contributed by atoms with Crippen LogP contribution in [-0.2, 0) is 10.2 Å². The van der Waals surface area contributed by atoms with Crippen molar-refractivity contribution < 1.29 is 8.42 Å². The van der Waals surface area contributed by atoms with Crippen molar-refractivity contribution >= 4 is 10.2 Å². The molecule has 0 radical (unpaired) electrons. The number of hydrogen-bond acceptors (Lipinski definition) is 3. The van der Waals surface area contributed by atoms with E-state index in [1.165, 1.54) is 4.31 Å². The normalized spacial score (nSPS) is 17.7. The lowest BCUT2D eigenvalue weighted by atomic mass is 10.0. The Morgan fingerprint density at radius 2 is 1.65 bits per heavy atom. The molecule has 1 atom stereocenters. The maximum Gasteiger partial charge on any atom is 0.280 e. The standard InChI is InChI=1S/C17H21N3O2S/c21-23(22,20-13-7-2-8-14-20)19-17(15-9-3-1-4-10-15)16-11-5-6-12-18-16/h1,3-6,9-12,17,19H,2,7-8,13-14H2. The largest absolute Gasteiger partial charge is 0.280 e. The maximum absolute atomic E-state index is 12.7. The summed E-state index contributed by atoms with van der Waals surface area (Å²) >= 11 is 0. The van der Waals surface area contributed by atoms with Gasteiger partial charge in [-0.1, -0.05) is 42.8 Å². The Hall–Kier alpha value is -1.76. The lowest BCUT2D eigenvalue weighted by Gasteiger charge is -2.28. The van der Waals surface area contributed by atoms with Crippen LogP contribution in [-0.4, -0.2) is 30.8 Å². The number of hydrogen-bond donors (Lipinski definition) is 1. The van der Waals surface area contributed by atoms with Crippen molar-refractivity contribution in [2.75, 3.05) is 13.1 Å². The first kappa shape index (κ1) is 16.1. The Labute approximate surface area is 137 Å². The molecule has 0 saturated carbocycles. The van der Waals surface area contributed by atoms with Crippen molar-refractivity contribution in [2.24, 2.45) is 0 Å². The first-order valence-corrected chi connectivity index (χ1v) is 9.34. The molecule has 5 nitrogen and oxygen atoms in total. The van der Waals surface area contributed by atoms with Gasteiger partial charge >= 0.3 is 0 Å². The minimum atomic E-state index is -3.54. The molecule has 2 heterocycles. The molecule has 0 amide bonds. The minimum absolute atomic E-state index is 0.482. The maximum atomic E-state index is 12.7. The average molecular weight is 331 g/mol. The van der Waals surface area contributed by atoms with E-state index in [4.69, 9.17) is 0 Å². The summed E-state index contributed by atoms with van der Waals surface area (Å²) in [4.78, 5) is 4.34. The summed E-state index contributed by atoms with van der Waals surface area (Å²) in [6.07, 6.45) is 4.61. The second kappa shape index (κ2) is 7.21. The van der Waals surface area contributed by atoms with E-state index in [0.29, 0.717) is 18.8 Å². The van der Waals surface area contributed by atoms with E-state index in [1.807, 2.05) is 48.5 Å². The third-order valence-corrected chi connectivity index (χ3v) is 5.62. The van der Waals surface area contributed by atoms with Crippen LogP contribution in [0.2, 0.25) is 0 Å². The summed E-state index contributed by atoms with van der Waals surface area (Å²) in [6, 6.07) is 14.6. The fourth-order valence-corrected chi connectivity index (χ4v) is 4.26. The van der Waals surface area contributed by atoms with Crippen molar-refractivity contribution in [1.29, 1.82) is 0 Å². The Morgan fingerprint density at radius 3 is 2.30 bits per heavy atom. The fourth-order valence-electron chi connectivity index (χ4n) is 2.82. The lowest BCUT2D eigenvalue weighted by molar-refractivity contribution is 0.340.